The highest BCUT2D eigenvalue weighted by Gasteiger charge is 2.06. The second kappa shape index (κ2) is 5.36. The first-order chi connectivity index (χ1) is 10.2. The van der Waals surface area contributed by atoms with Crippen LogP contribution in [0, 0.1) is 6.92 Å². The van der Waals surface area contributed by atoms with Crippen LogP contribution >= 0.6 is 0 Å². The molecule has 3 aromatic rings. The lowest BCUT2D eigenvalue weighted by molar-refractivity contribution is 0.642. The van der Waals surface area contributed by atoms with Crippen molar-refractivity contribution in [3.05, 3.63) is 64.2 Å². The summed E-state index contributed by atoms with van der Waals surface area (Å²) in [5, 5.41) is 8.16. The predicted octanol–water partition coefficient (Wildman–Crippen LogP) is 2.19. The van der Waals surface area contributed by atoms with Gasteiger partial charge in [0.15, 0.2) is 0 Å². The molecule has 1 N–H and O–H groups in total. The highest BCUT2D eigenvalue weighted by molar-refractivity contribution is 5.82. The molecule has 0 spiro atoms. The van der Waals surface area contributed by atoms with E-state index in [1.807, 2.05) is 37.3 Å². The molecule has 0 radical (unpaired) electrons. The smallest absolute Gasteiger partial charge is 0.269 e. The molecule has 0 bridgehead atoms. The number of hydrogen-bond acceptors (Lipinski definition) is 4. The zero-order chi connectivity index (χ0) is 14.8. The average molecular weight is 280 g/mol. The van der Waals surface area contributed by atoms with Crippen LogP contribution in [-0.4, -0.2) is 21.8 Å². The molecule has 2 aromatic heterocycles. The molecule has 5 heteroatoms. The number of para-hydroxylation sites is 1. The number of rotatable bonds is 3. The summed E-state index contributed by atoms with van der Waals surface area (Å²) < 4.78 is 1.46. The van der Waals surface area contributed by atoms with Crippen molar-refractivity contribution in [3.8, 4) is 0 Å². The topological polar surface area (TPSA) is 59.8 Å². The summed E-state index contributed by atoms with van der Waals surface area (Å²) in [5.41, 5.74) is 3.51. The van der Waals surface area contributed by atoms with Crippen LogP contribution in [0.2, 0.25) is 0 Å². The van der Waals surface area contributed by atoms with Gasteiger partial charge in [0.2, 0.25) is 0 Å². The minimum Gasteiger partial charge on any atom is -0.387 e. The molecule has 0 unspecified atom stereocenters. The zero-order valence-electron chi connectivity index (χ0n) is 12.0. The number of nitrogens with zero attached hydrogens (tertiary/aromatic N) is 3. The third-order valence-electron chi connectivity index (χ3n) is 3.41. The fourth-order valence-electron chi connectivity index (χ4n) is 2.38. The van der Waals surface area contributed by atoms with Gasteiger partial charge in [-0.05, 0) is 24.6 Å². The van der Waals surface area contributed by atoms with E-state index >= 15 is 0 Å². The molecule has 0 aliphatic rings. The van der Waals surface area contributed by atoms with Gasteiger partial charge in [-0.1, -0.05) is 18.2 Å². The maximum atomic E-state index is 12.1. The molecule has 0 aliphatic heterocycles. The molecule has 0 aliphatic carbocycles. The third kappa shape index (κ3) is 2.63. The number of benzene rings is 1. The zero-order valence-corrected chi connectivity index (χ0v) is 12.0. The van der Waals surface area contributed by atoms with E-state index < -0.39 is 0 Å². The van der Waals surface area contributed by atoms with Crippen molar-refractivity contribution in [1.29, 1.82) is 0 Å². The number of hydrogen-bond donors (Lipinski definition) is 1. The van der Waals surface area contributed by atoms with Crippen molar-refractivity contribution in [2.45, 2.75) is 13.5 Å². The van der Waals surface area contributed by atoms with Crippen LogP contribution in [0.4, 0.5) is 5.69 Å². The minimum absolute atomic E-state index is 0.125. The molecule has 3 rings (SSSR count). The van der Waals surface area contributed by atoms with E-state index in [1.54, 1.807) is 19.3 Å². The first-order valence-electron chi connectivity index (χ1n) is 6.77. The fraction of sp³-hybridized carbons (Fsp3) is 0.188. The van der Waals surface area contributed by atoms with Crippen LogP contribution in [0.5, 0.6) is 0 Å². The normalized spacial score (nSPS) is 10.8. The van der Waals surface area contributed by atoms with Crippen LogP contribution in [0.3, 0.4) is 0 Å². The fourth-order valence-corrected chi connectivity index (χ4v) is 2.38. The lowest BCUT2D eigenvalue weighted by atomic mass is 10.1. The van der Waals surface area contributed by atoms with Crippen molar-refractivity contribution in [2.75, 3.05) is 12.4 Å². The Labute approximate surface area is 122 Å². The Hall–Kier alpha value is -2.69. The number of fused-ring (bicyclic) bond motifs is 1. The average Bonchev–Trinajstić information content (AvgIpc) is 2.49. The van der Waals surface area contributed by atoms with Gasteiger partial charge in [0.1, 0.15) is 0 Å². The Morgan fingerprint density at radius 2 is 2.05 bits per heavy atom. The van der Waals surface area contributed by atoms with Gasteiger partial charge in [-0.2, -0.15) is 5.10 Å². The summed E-state index contributed by atoms with van der Waals surface area (Å²) in [6, 6.07) is 11.5. The van der Waals surface area contributed by atoms with E-state index in [4.69, 9.17) is 0 Å². The molecule has 21 heavy (non-hydrogen) atoms. The maximum Gasteiger partial charge on any atom is 0.269 e. The van der Waals surface area contributed by atoms with E-state index in [-0.39, 0.29) is 5.56 Å². The molecule has 0 fully saturated rings. The third-order valence-corrected chi connectivity index (χ3v) is 3.41. The van der Waals surface area contributed by atoms with Crippen LogP contribution < -0.4 is 10.9 Å². The van der Waals surface area contributed by atoms with E-state index in [0.29, 0.717) is 12.2 Å². The summed E-state index contributed by atoms with van der Waals surface area (Å²) in [6.45, 7) is 2.39. The Morgan fingerprint density at radius 3 is 2.81 bits per heavy atom. The minimum atomic E-state index is -0.125. The predicted molar refractivity (Wildman–Crippen MR) is 83.6 cm³/mol. The Balaban J connectivity index is 2.08. The number of nitrogens with one attached hydrogen (secondary N) is 1. The van der Waals surface area contributed by atoms with Gasteiger partial charge in [0, 0.05) is 24.2 Å². The van der Waals surface area contributed by atoms with Crippen molar-refractivity contribution in [1.82, 2.24) is 14.8 Å². The molecule has 0 saturated carbocycles. The molecule has 5 nitrogen and oxygen atoms in total. The van der Waals surface area contributed by atoms with E-state index in [9.17, 15) is 4.79 Å². The van der Waals surface area contributed by atoms with Gasteiger partial charge in [-0.3, -0.25) is 9.78 Å². The van der Waals surface area contributed by atoms with Gasteiger partial charge in [0.05, 0.1) is 23.9 Å². The molecule has 0 amide bonds. The number of aryl methyl sites for hydroxylation is 1. The largest absolute Gasteiger partial charge is 0.387 e. The summed E-state index contributed by atoms with van der Waals surface area (Å²) in [7, 11) is 1.76. The quantitative estimate of drug-likeness (QED) is 0.799. The number of anilines is 1. The van der Waals surface area contributed by atoms with Crippen molar-refractivity contribution in [3.63, 3.8) is 0 Å². The molecule has 0 atom stereocenters. The van der Waals surface area contributed by atoms with Crippen LogP contribution in [-0.2, 0) is 6.54 Å². The Morgan fingerprint density at radius 1 is 1.24 bits per heavy atom. The monoisotopic (exact) mass is 280 g/mol. The SMILES string of the molecule is CNc1cnn(Cc2cc(C)nc3ccccc23)c(=O)c1. The van der Waals surface area contributed by atoms with Crippen LogP contribution in [0.15, 0.2) is 47.4 Å². The summed E-state index contributed by atoms with van der Waals surface area (Å²) in [6.07, 6.45) is 1.65. The molecular weight excluding hydrogens is 264 g/mol. The van der Waals surface area contributed by atoms with E-state index in [0.717, 1.165) is 22.2 Å². The first kappa shape index (κ1) is 13.3. The summed E-state index contributed by atoms with van der Waals surface area (Å²) in [4.78, 5) is 16.6. The first-order valence-corrected chi connectivity index (χ1v) is 6.77. The van der Waals surface area contributed by atoms with E-state index in [2.05, 4.69) is 15.4 Å². The second-order valence-electron chi connectivity index (χ2n) is 4.93. The number of pyridine rings is 1. The highest BCUT2D eigenvalue weighted by Crippen LogP contribution is 2.18. The molecule has 0 saturated heterocycles. The molecule has 106 valence electrons. The van der Waals surface area contributed by atoms with Gasteiger partial charge < -0.3 is 5.32 Å². The van der Waals surface area contributed by atoms with Gasteiger partial charge >= 0.3 is 0 Å². The summed E-state index contributed by atoms with van der Waals surface area (Å²) >= 11 is 0. The van der Waals surface area contributed by atoms with Gasteiger partial charge in [-0.15, -0.1) is 0 Å². The van der Waals surface area contributed by atoms with Crippen LogP contribution in [0.25, 0.3) is 10.9 Å². The highest BCUT2D eigenvalue weighted by atomic mass is 16.1. The Bertz CT molecular complexity index is 854. The van der Waals surface area contributed by atoms with Crippen molar-refractivity contribution in [2.24, 2.45) is 0 Å². The summed E-state index contributed by atoms with van der Waals surface area (Å²) in [5.74, 6) is 0. The van der Waals surface area contributed by atoms with Gasteiger partial charge in [0.25, 0.3) is 5.56 Å². The second-order valence-corrected chi connectivity index (χ2v) is 4.93. The lowest BCUT2D eigenvalue weighted by Crippen LogP contribution is -2.23. The van der Waals surface area contributed by atoms with E-state index in [1.165, 1.54) is 4.68 Å². The van der Waals surface area contributed by atoms with Crippen molar-refractivity contribution < 1.29 is 0 Å². The van der Waals surface area contributed by atoms with Crippen LogP contribution in [0.1, 0.15) is 11.3 Å². The maximum absolute atomic E-state index is 12.1. The molecular formula is C16H16N4O. The standard InChI is InChI=1S/C16H16N4O/c1-11-7-12(14-5-3-4-6-15(14)19-11)10-20-16(21)8-13(17-2)9-18-20/h3-9,17H,10H2,1-2H3. The molecule has 1 aromatic carbocycles. The lowest BCUT2D eigenvalue weighted by Gasteiger charge is -2.09. The molecule has 2 heterocycles. The van der Waals surface area contributed by atoms with Gasteiger partial charge in [-0.25, -0.2) is 4.68 Å². The Kier molecular flexibility index (Phi) is 3.39. The number of aromatic nitrogens is 3. The van der Waals surface area contributed by atoms with Crippen molar-refractivity contribution >= 4 is 16.6 Å².